The Morgan fingerprint density at radius 3 is 2.37 bits per heavy atom. The van der Waals surface area contributed by atoms with Crippen molar-refractivity contribution in [3.05, 3.63) is 35.9 Å². The fourth-order valence-corrected chi connectivity index (χ4v) is 7.34. The van der Waals surface area contributed by atoms with Crippen molar-refractivity contribution < 1.29 is 24.2 Å². The Kier molecular flexibility index (Phi) is 7.71. The van der Waals surface area contributed by atoms with Gasteiger partial charge in [-0.2, -0.15) is 0 Å². The van der Waals surface area contributed by atoms with Crippen molar-refractivity contribution in [3.63, 3.8) is 0 Å². The summed E-state index contributed by atoms with van der Waals surface area (Å²) in [5.41, 5.74) is -0.647. The number of likely N-dealkylation sites (tertiary alicyclic amines) is 1. The average Bonchev–Trinajstić information content (AvgIpc) is 3.44. The van der Waals surface area contributed by atoms with Crippen molar-refractivity contribution in [2.75, 3.05) is 6.61 Å². The Morgan fingerprint density at radius 1 is 1.13 bits per heavy atom. The minimum absolute atomic E-state index is 0.0153. The predicted octanol–water partition coefficient (Wildman–Crippen LogP) is 3.03. The zero-order chi connectivity index (χ0) is 28.0. The second-order valence-electron chi connectivity index (χ2n) is 13.6. The standard InChI is InChI=1S/C30H45N3O5/c1-18(2)20(16-34)33-24(26(36)32-29(6,7)17-28(3,4)5)30-14-13-21(38-30)22(23(30)27(33)37)25(35)31-15-19-11-9-8-10-12-19/h8-12,18,20-24,34H,13-17H2,1-7H3,(H,31,35)(H,32,36)/t20-,21+,22-,23-,24?,30?/m0/s1. The number of nitrogens with one attached hydrogen (secondary N) is 2. The number of nitrogens with zero attached hydrogens (tertiary/aromatic N) is 1. The fraction of sp³-hybridized carbons (Fsp3) is 0.700. The topological polar surface area (TPSA) is 108 Å². The molecule has 8 heteroatoms. The maximum atomic E-state index is 14.1. The van der Waals surface area contributed by atoms with Gasteiger partial charge in [0, 0.05) is 12.1 Å². The molecule has 1 aromatic rings. The van der Waals surface area contributed by atoms with Crippen LogP contribution in [0.2, 0.25) is 0 Å². The number of ether oxygens (including phenoxy) is 1. The minimum atomic E-state index is -1.08. The van der Waals surface area contributed by atoms with Crippen LogP contribution in [0.4, 0.5) is 0 Å². The van der Waals surface area contributed by atoms with E-state index in [2.05, 4.69) is 31.4 Å². The number of fused-ring (bicyclic) bond motifs is 1. The van der Waals surface area contributed by atoms with Gasteiger partial charge in [0.05, 0.1) is 30.6 Å². The van der Waals surface area contributed by atoms with Gasteiger partial charge < -0.3 is 25.4 Å². The first-order valence-corrected chi connectivity index (χ1v) is 14.0. The second-order valence-corrected chi connectivity index (χ2v) is 13.6. The lowest BCUT2D eigenvalue weighted by atomic mass is 9.70. The summed E-state index contributed by atoms with van der Waals surface area (Å²) in [7, 11) is 0. The molecule has 4 rings (SSSR count). The molecule has 3 aliphatic rings. The highest BCUT2D eigenvalue weighted by molar-refractivity contribution is 5.99. The molecule has 0 saturated carbocycles. The number of aliphatic hydroxyl groups is 1. The molecule has 0 aromatic heterocycles. The SMILES string of the molecule is CC(C)[C@H](CO)N1C(=O)[C@@H]2[C@@H](C(=O)NCc3ccccc3)[C@H]3CCC2(O3)C1C(=O)NC(C)(C)CC(C)(C)C. The smallest absolute Gasteiger partial charge is 0.246 e. The van der Waals surface area contributed by atoms with Crippen LogP contribution < -0.4 is 10.6 Å². The number of carbonyl (C=O) groups is 3. The summed E-state index contributed by atoms with van der Waals surface area (Å²) in [6, 6.07) is 8.17. The molecule has 6 atom stereocenters. The quantitative estimate of drug-likeness (QED) is 0.458. The Balaban J connectivity index is 1.66. The molecule has 3 fully saturated rings. The Labute approximate surface area is 226 Å². The van der Waals surface area contributed by atoms with E-state index in [0.717, 1.165) is 12.0 Å². The monoisotopic (exact) mass is 527 g/mol. The summed E-state index contributed by atoms with van der Waals surface area (Å²) in [6.07, 6.45) is 1.47. The number of amides is 3. The predicted molar refractivity (Wildman–Crippen MR) is 145 cm³/mol. The molecule has 0 aliphatic carbocycles. The summed E-state index contributed by atoms with van der Waals surface area (Å²) < 4.78 is 6.53. The van der Waals surface area contributed by atoms with Crippen molar-refractivity contribution in [2.24, 2.45) is 23.2 Å². The van der Waals surface area contributed by atoms with E-state index in [9.17, 15) is 19.5 Å². The third-order valence-corrected chi connectivity index (χ3v) is 8.35. The Bertz CT molecular complexity index is 1050. The Morgan fingerprint density at radius 2 is 1.79 bits per heavy atom. The van der Waals surface area contributed by atoms with Gasteiger partial charge in [-0.15, -0.1) is 0 Å². The lowest BCUT2D eigenvalue weighted by Gasteiger charge is -2.41. The summed E-state index contributed by atoms with van der Waals surface area (Å²) in [5, 5.41) is 16.5. The van der Waals surface area contributed by atoms with E-state index in [1.807, 2.05) is 58.0 Å². The lowest BCUT2D eigenvalue weighted by molar-refractivity contribution is -0.147. The maximum Gasteiger partial charge on any atom is 0.246 e. The van der Waals surface area contributed by atoms with E-state index in [1.54, 1.807) is 4.90 Å². The molecule has 2 bridgehead atoms. The van der Waals surface area contributed by atoms with E-state index in [-0.39, 0.29) is 35.7 Å². The van der Waals surface area contributed by atoms with Gasteiger partial charge in [-0.25, -0.2) is 0 Å². The summed E-state index contributed by atoms with van der Waals surface area (Å²) in [5.74, 6) is -2.29. The molecule has 1 aromatic carbocycles. The van der Waals surface area contributed by atoms with Crippen LogP contribution in [0.5, 0.6) is 0 Å². The summed E-state index contributed by atoms with van der Waals surface area (Å²) in [4.78, 5) is 43.3. The molecule has 1 spiro atoms. The van der Waals surface area contributed by atoms with Gasteiger partial charge in [0.25, 0.3) is 0 Å². The van der Waals surface area contributed by atoms with Gasteiger partial charge in [-0.3, -0.25) is 14.4 Å². The van der Waals surface area contributed by atoms with Crippen LogP contribution in [0.15, 0.2) is 30.3 Å². The average molecular weight is 528 g/mol. The van der Waals surface area contributed by atoms with E-state index in [1.165, 1.54) is 0 Å². The van der Waals surface area contributed by atoms with Crippen LogP contribution in [0, 0.1) is 23.2 Å². The van der Waals surface area contributed by atoms with E-state index < -0.39 is 41.2 Å². The summed E-state index contributed by atoms with van der Waals surface area (Å²) >= 11 is 0. The van der Waals surface area contributed by atoms with Crippen molar-refractivity contribution >= 4 is 17.7 Å². The molecule has 0 radical (unpaired) electrons. The van der Waals surface area contributed by atoms with Crippen LogP contribution in [0.1, 0.15) is 73.3 Å². The molecule has 3 aliphatic heterocycles. The highest BCUT2D eigenvalue weighted by Crippen LogP contribution is 2.59. The van der Waals surface area contributed by atoms with E-state index in [0.29, 0.717) is 19.4 Å². The lowest BCUT2D eigenvalue weighted by Crippen LogP contribution is -2.61. The normalized spacial score (nSPS) is 29.5. The van der Waals surface area contributed by atoms with Crippen LogP contribution in [0.3, 0.4) is 0 Å². The number of benzene rings is 1. The van der Waals surface area contributed by atoms with Gasteiger partial charge in [0.2, 0.25) is 17.7 Å². The van der Waals surface area contributed by atoms with Crippen molar-refractivity contribution in [2.45, 2.75) is 104 Å². The first-order chi connectivity index (χ1) is 17.7. The molecule has 8 nitrogen and oxygen atoms in total. The zero-order valence-corrected chi connectivity index (χ0v) is 23.9. The van der Waals surface area contributed by atoms with Crippen LogP contribution in [-0.4, -0.2) is 63.7 Å². The van der Waals surface area contributed by atoms with Crippen LogP contribution in [-0.2, 0) is 25.7 Å². The number of carbonyl (C=O) groups excluding carboxylic acids is 3. The third-order valence-electron chi connectivity index (χ3n) is 8.35. The summed E-state index contributed by atoms with van der Waals surface area (Å²) in [6.45, 7) is 14.3. The van der Waals surface area contributed by atoms with Crippen molar-refractivity contribution in [1.82, 2.24) is 15.5 Å². The highest BCUT2D eigenvalue weighted by Gasteiger charge is 2.75. The zero-order valence-electron chi connectivity index (χ0n) is 23.9. The minimum Gasteiger partial charge on any atom is -0.394 e. The fourth-order valence-electron chi connectivity index (χ4n) is 7.34. The number of hydrogen-bond acceptors (Lipinski definition) is 5. The molecular weight excluding hydrogens is 482 g/mol. The van der Waals surface area contributed by atoms with Crippen molar-refractivity contribution in [1.29, 1.82) is 0 Å². The largest absolute Gasteiger partial charge is 0.394 e. The van der Waals surface area contributed by atoms with Gasteiger partial charge in [-0.1, -0.05) is 65.0 Å². The first-order valence-electron chi connectivity index (χ1n) is 14.0. The molecule has 3 N–H and O–H groups in total. The molecule has 3 saturated heterocycles. The Hall–Kier alpha value is -2.45. The van der Waals surface area contributed by atoms with Crippen LogP contribution >= 0.6 is 0 Å². The van der Waals surface area contributed by atoms with E-state index in [4.69, 9.17) is 4.74 Å². The molecule has 210 valence electrons. The van der Waals surface area contributed by atoms with Gasteiger partial charge in [0.1, 0.15) is 11.6 Å². The van der Waals surface area contributed by atoms with Crippen molar-refractivity contribution in [3.8, 4) is 0 Å². The van der Waals surface area contributed by atoms with Gasteiger partial charge >= 0.3 is 0 Å². The number of rotatable bonds is 9. The number of aliphatic hydroxyl groups excluding tert-OH is 1. The van der Waals surface area contributed by atoms with Gasteiger partial charge in [0.15, 0.2) is 0 Å². The molecule has 3 amide bonds. The highest BCUT2D eigenvalue weighted by atomic mass is 16.5. The maximum absolute atomic E-state index is 14.1. The molecule has 2 unspecified atom stereocenters. The number of hydrogen-bond donors (Lipinski definition) is 3. The first kappa shape index (κ1) is 28.6. The molecule has 38 heavy (non-hydrogen) atoms. The third kappa shape index (κ3) is 5.22. The van der Waals surface area contributed by atoms with E-state index >= 15 is 0 Å². The molecule has 3 heterocycles. The molecular formula is C30H45N3O5. The van der Waals surface area contributed by atoms with Crippen LogP contribution in [0.25, 0.3) is 0 Å². The second kappa shape index (κ2) is 10.3. The van der Waals surface area contributed by atoms with Gasteiger partial charge in [-0.05, 0) is 50.0 Å².